The molecule has 1 amide bonds. The number of nitrogens with zero attached hydrogens (tertiary/aromatic N) is 3. The molecule has 7 heteroatoms. The van der Waals surface area contributed by atoms with Gasteiger partial charge >= 0.3 is 0 Å². The quantitative estimate of drug-likeness (QED) is 0.916. The maximum absolute atomic E-state index is 12.4. The molecule has 114 valence electrons. The molecule has 22 heavy (non-hydrogen) atoms. The highest BCUT2D eigenvalue weighted by Gasteiger charge is 2.26. The number of aromatic amines is 1. The number of pyridine rings is 1. The second kappa shape index (κ2) is 6.27. The normalized spacial score (nSPS) is 15.8. The lowest BCUT2D eigenvalue weighted by Crippen LogP contribution is -2.40. The zero-order valence-electron chi connectivity index (χ0n) is 11.8. The first-order chi connectivity index (χ1) is 10.6. The lowest BCUT2D eigenvalue weighted by molar-refractivity contribution is 0.0710. The third-order valence-corrected chi connectivity index (χ3v) is 4.14. The van der Waals surface area contributed by atoms with Gasteiger partial charge in [0.1, 0.15) is 5.56 Å². The molecule has 0 unspecified atom stereocenters. The molecule has 3 heterocycles. The highest BCUT2D eigenvalue weighted by molar-refractivity contribution is 6.30. The van der Waals surface area contributed by atoms with Crippen molar-refractivity contribution in [2.75, 3.05) is 13.1 Å². The van der Waals surface area contributed by atoms with Gasteiger partial charge in [-0.15, -0.1) is 0 Å². The maximum Gasteiger partial charge on any atom is 0.259 e. The molecule has 0 atom stereocenters. The first-order valence-electron chi connectivity index (χ1n) is 7.09. The molecule has 0 spiro atoms. The van der Waals surface area contributed by atoms with E-state index in [0.717, 1.165) is 24.7 Å². The molecule has 1 saturated heterocycles. The van der Waals surface area contributed by atoms with Gasteiger partial charge in [-0.05, 0) is 25.0 Å². The Bertz CT molecular complexity index is 721. The van der Waals surface area contributed by atoms with Crippen LogP contribution in [0.3, 0.4) is 0 Å². The Morgan fingerprint density at radius 3 is 2.68 bits per heavy atom. The van der Waals surface area contributed by atoms with Crippen LogP contribution in [-0.2, 0) is 0 Å². The SMILES string of the molecule is O=C(c1c[nH]ncc1=O)N1CCC(c2ccc(Cl)cn2)CC1. The number of amides is 1. The molecule has 6 nitrogen and oxygen atoms in total. The average molecular weight is 319 g/mol. The molecule has 0 bridgehead atoms. The summed E-state index contributed by atoms with van der Waals surface area (Å²) < 4.78 is 0. The predicted molar refractivity (Wildman–Crippen MR) is 82.0 cm³/mol. The molecule has 1 fully saturated rings. The summed E-state index contributed by atoms with van der Waals surface area (Å²) in [7, 11) is 0. The number of carbonyl (C=O) groups is 1. The fourth-order valence-electron chi connectivity index (χ4n) is 2.68. The highest BCUT2D eigenvalue weighted by atomic mass is 35.5. The van der Waals surface area contributed by atoms with Gasteiger partial charge in [0.15, 0.2) is 0 Å². The van der Waals surface area contributed by atoms with E-state index in [9.17, 15) is 9.59 Å². The second-order valence-corrected chi connectivity index (χ2v) is 5.71. The van der Waals surface area contributed by atoms with E-state index in [2.05, 4.69) is 15.2 Å². The molecule has 2 aromatic rings. The topological polar surface area (TPSA) is 79.0 Å². The van der Waals surface area contributed by atoms with Gasteiger partial charge < -0.3 is 4.90 Å². The van der Waals surface area contributed by atoms with Crippen LogP contribution in [0.25, 0.3) is 0 Å². The molecular formula is C15H15ClN4O2. The van der Waals surface area contributed by atoms with Crippen LogP contribution in [0.4, 0.5) is 0 Å². The summed E-state index contributed by atoms with van der Waals surface area (Å²) in [4.78, 5) is 30.1. The smallest absolute Gasteiger partial charge is 0.259 e. The summed E-state index contributed by atoms with van der Waals surface area (Å²) in [6.45, 7) is 1.21. The average Bonchev–Trinajstić information content (AvgIpc) is 2.56. The van der Waals surface area contributed by atoms with Gasteiger partial charge in [0, 0.05) is 37.1 Å². The number of H-pyrrole nitrogens is 1. The van der Waals surface area contributed by atoms with E-state index in [1.54, 1.807) is 11.1 Å². The van der Waals surface area contributed by atoms with Gasteiger partial charge in [0.05, 0.1) is 11.2 Å². The number of piperidine rings is 1. The molecule has 0 aromatic carbocycles. The van der Waals surface area contributed by atoms with Gasteiger partial charge in [-0.25, -0.2) is 0 Å². The minimum atomic E-state index is -0.356. The first-order valence-corrected chi connectivity index (χ1v) is 7.47. The van der Waals surface area contributed by atoms with Crippen LogP contribution in [0.1, 0.15) is 34.8 Å². The molecule has 1 N–H and O–H groups in total. The minimum absolute atomic E-state index is 0.137. The summed E-state index contributed by atoms with van der Waals surface area (Å²) in [5, 5.41) is 6.76. The van der Waals surface area contributed by atoms with Crippen LogP contribution in [0, 0.1) is 0 Å². The Balaban J connectivity index is 1.67. The van der Waals surface area contributed by atoms with Crippen molar-refractivity contribution < 1.29 is 4.79 Å². The van der Waals surface area contributed by atoms with E-state index in [-0.39, 0.29) is 16.9 Å². The monoisotopic (exact) mass is 318 g/mol. The molecule has 3 rings (SSSR count). The number of nitrogens with one attached hydrogen (secondary N) is 1. The summed E-state index contributed by atoms with van der Waals surface area (Å²) in [6, 6.07) is 3.76. The first kappa shape index (κ1) is 14.7. The van der Waals surface area contributed by atoms with Crippen LogP contribution >= 0.6 is 11.6 Å². The molecular weight excluding hydrogens is 304 g/mol. The second-order valence-electron chi connectivity index (χ2n) is 5.28. The van der Waals surface area contributed by atoms with Crippen molar-refractivity contribution in [2.24, 2.45) is 0 Å². The van der Waals surface area contributed by atoms with Gasteiger partial charge in [-0.2, -0.15) is 5.10 Å². The van der Waals surface area contributed by atoms with Crippen molar-refractivity contribution in [3.63, 3.8) is 0 Å². The van der Waals surface area contributed by atoms with Gasteiger partial charge in [-0.1, -0.05) is 11.6 Å². The third-order valence-electron chi connectivity index (χ3n) is 3.91. The van der Waals surface area contributed by atoms with E-state index in [1.165, 1.54) is 6.20 Å². The van der Waals surface area contributed by atoms with Crippen molar-refractivity contribution in [1.29, 1.82) is 0 Å². The largest absolute Gasteiger partial charge is 0.338 e. The predicted octanol–water partition coefficient (Wildman–Crippen LogP) is 1.84. The standard InChI is InChI=1S/C15H15ClN4O2/c16-11-1-2-13(17-7-11)10-3-5-20(6-4-10)15(22)12-8-18-19-9-14(12)21/h1-2,7-10H,3-6H2,(H,18,21). The van der Waals surface area contributed by atoms with E-state index in [1.807, 2.05) is 12.1 Å². The van der Waals surface area contributed by atoms with E-state index in [4.69, 9.17) is 11.6 Å². The molecule has 0 aliphatic carbocycles. The lowest BCUT2D eigenvalue weighted by Gasteiger charge is -2.31. The van der Waals surface area contributed by atoms with Crippen molar-refractivity contribution in [1.82, 2.24) is 20.1 Å². The number of carbonyl (C=O) groups excluding carboxylic acids is 1. The number of hydrogen-bond acceptors (Lipinski definition) is 4. The number of hydrogen-bond donors (Lipinski definition) is 1. The number of rotatable bonds is 2. The van der Waals surface area contributed by atoms with Crippen molar-refractivity contribution >= 4 is 17.5 Å². The fourth-order valence-corrected chi connectivity index (χ4v) is 2.79. The zero-order chi connectivity index (χ0) is 15.5. The Morgan fingerprint density at radius 2 is 2.05 bits per heavy atom. The van der Waals surface area contributed by atoms with Crippen molar-refractivity contribution in [3.05, 3.63) is 57.2 Å². The van der Waals surface area contributed by atoms with Crippen molar-refractivity contribution in [3.8, 4) is 0 Å². The summed E-state index contributed by atoms with van der Waals surface area (Å²) in [5.41, 5.74) is 0.779. The minimum Gasteiger partial charge on any atom is -0.338 e. The Kier molecular flexibility index (Phi) is 4.20. The summed E-state index contributed by atoms with van der Waals surface area (Å²) >= 11 is 5.84. The molecule has 0 saturated carbocycles. The number of halogens is 1. The Hall–Kier alpha value is -2.21. The molecule has 2 aromatic heterocycles. The van der Waals surface area contributed by atoms with E-state index >= 15 is 0 Å². The van der Waals surface area contributed by atoms with Crippen LogP contribution in [0.15, 0.2) is 35.5 Å². The molecule has 1 aliphatic rings. The number of likely N-dealkylation sites (tertiary alicyclic amines) is 1. The van der Waals surface area contributed by atoms with Crippen molar-refractivity contribution in [2.45, 2.75) is 18.8 Å². The van der Waals surface area contributed by atoms with E-state index in [0.29, 0.717) is 24.0 Å². The summed E-state index contributed by atoms with van der Waals surface area (Å²) in [5.74, 6) is 0.0724. The van der Waals surface area contributed by atoms with Gasteiger partial charge in [-0.3, -0.25) is 19.7 Å². The van der Waals surface area contributed by atoms with Crippen LogP contribution < -0.4 is 5.43 Å². The highest BCUT2D eigenvalue weighted by Crippen LogP contribution is 2.27. The Morgan fingerprint density at radius 1 is 1.27 bits per heavy atom. The molecule has 1 aliphatic heterocycles. The van der Waals surface area contributed by atoms with Crippen LogP contribution in [0.5, 0.6) is 0 Å². The van der Waals surface area contributed by atoms with Crippen LogP contribution in [-0.4, -0.2) is 39.1 Å². The maximum atomic E-state index is 12.4. The lowest BCUT2D eigenvalue weighted by atomic mass is 9.93. The van der Waals surface area contributed by atoms with Crippen LogP contribution in [0.2, 0.25) is 5.02 Å². The molecule has 0 radical (unpaired) electrons. The van der Waals surface area contributed by atoms with Gasteiger partial charge in [0.25, 0.3) is 5.91 Å². The van der Waals surface area contributed by atoms with Gasteiger partial charge in [0.2, 0.25) is 5.43 Å². The number of aromatic nitrogens is 3. The zero-order valence-corrected chi connectivity index (χ0v) is 12.6. The fraction of sp³-hybridized carbons (Fsp3) is 0.333. The third kappa shape index (κ3) is 3.01. The summed E-state index contributed by atoms with van der Waals surface area (Å²) in [6.07, 6.45) is 5.77. The van der Waals surface area contributed by atoms with E-state index < -0.39 is 0 Å². The Labute approximate surface area is 132 Å².